The number of piperidine rings is 1. The van der Waals surface area contributed by atoms with Crippen LogP contribution in [0.25, 0.3) is 17.0 Å². The summed E-state index contributed by atoms with van der Waals surface area (Å²) in [6, 6.07) is 18.2. The van der Waals surface area contributed by atoms with Gasteiger partial charge in [0.15, 0.2) is 0 Å². The van der Waals surface area contributed by atoms with E-state index in [1.807, 2.05) is 41.3 Å². The lowest BCUT2D eigenvalue weighted by molar-refractivity contribution is -0.135. The lowest BCUT2D eigenvalue weighted by atomic mass is 10.1. The van der Waals surface area contributed by atoms with Gasteiger partial charge in [0.05, 0.1) is 5.52 Å². The summed E-state index contributed by atoms with van der Waals surface area (Å²) in [4.78, 5) is 29.3. The van der Waals surface area contributed by atoms with E-state index >= 15 is 0 Å². The van der Waals surface area contributed by atoms with Gasteiger partial charge in [0.1, 0.15) is 18.2 Å². The van der Waals surface area contributed by atoms with Gasteiger partial charge < -0.3 is 9.80 Å². The minimum atomic E-state index is -0.197. The molecule has 0 bridgehead atoms. The molecule has 1 atom stereocenters. The van der Waals surface area contributed by atoms with Gasteiger partial charge in [0.2, 0.25) is 5.91 Å². The molecule has 2 aromatic carbocycles. The predicted molar refractivity (Wildman–Crippen MR) is 133 cm³/mol. The van der Waals surface area contributed by atoms with Crippen LogP contribution in [0.5, 0.6) is 0 Å². The summed E-state index contributed by atoms with van der Waals surface area (Å²) in [5.74, 6) is 1.18. The number of hydrogen-bond acceptors (Lipinski definition) is 5. The van der Waals surface area contributed by atoms with E-state index in [-0.39, 0.29) is 11.9 Å². The number of rotatable bonds is 5. The fourth-order valence-electron chi connectivity index (χ4n) is 4.89. The minimum Gasteiger partial charge on any atom is -0.352 e. The van der Waals surface area contributed by atoms with Gasteiger partial charge in [-0.15, -0.1) is 0 Å². The Hall–Kier alpha value is -3.25. The zero-order valence-corrected chi connectivity index (χ0v) is 19.0. The van der Waals surface area contributed by atoms with Crippen LogP contribution in [0.3, 0.4) is 0 Å². The first-order chi connectivity index (χ1) is 16.3. The maximum Gasteiger partial charge on any atom is 0.244 e. The Kier molecular flexibility index (Phi) is 6.63. The normalized spacial score (nSPS) is 18.7. The molecule has 6 heteroatoms. The molecule has 3 heterocycles. The van der Waals surface area contributed by atoms with Crippen LogP contribution >= 0.6 is 0 Å². The van der Waals surface area contributed by atoms with Crippen molar-refractivity contribution >= 4 is 28.7 Å². The van der Waals surface area contributed by atoms with E-state index < -0.39 is 0 Å². The molecule has 1 amide bonds. The van der Waals surface area contributed by atoms with Gasteiger partial charge in [-0.1, -0.05) is 61.0 Å². The fraction of sp³-hybridized carbons (Fsp3) is 0.370. The molecule has 6 nitrogen and oxygen atoms in total. The third kappa shape index (κ3) is 4.91. The molecule has 33 heavy (non-hydrogen) atoms. The van der Waals surface area contributed by atoms with E-state index in [1.165, 1.54) is 6.42 Å². The summed E-state index contributed by atoms with van der Waals surface area (Å²) in [7, 11) is 0. The molecule has 0 saturated carbocycles. The van der Waals surface area contributed by atoms with E-state index in [0.29, 0.717) is 13.1 Å². The van der Waals surface area contributed by atoms with Crippen molar-refractivity contribution in [2.24, 2.45) is 0 Å². The SMILES string of the molecule is O=C(C(/C=C/c1ccccc1)N1CCCCC1)N1CCN(c2ncnc3ccccc23)CC1. The second-order valence-electron chi connectivity index (χ2n) is 8.84. The maximum atomic E-state index is 13.7. The van der Waals surface area contributed by atoms with Crippen molar-refractivity contribution < 1.29 is 4.79 Å². The lowest BCUT2D eigenvalue weighted by Gasteiger charge is -2.39. The number of aromatic nitrogens is 2. The van der Waals surface area contributed by atoms with Crippen LogP contribution in [0.4, 0.5) is 5.82 Å². The second-order valence-corrected chi connectivity index (χ2v) is 8.84. The summed E-state index contributed by atoms with van der Waals surface area (Å²) in [6.07, 6.45) is 9.42. The van der Waals surface area contributed by atoms with Gasteiger partial charge >= 0.3 is 0 Å². The van der Waals surface area contributed by atoms with Crippen LogP contribution < -0.4 is 4.90 Å². The van der Waals surface area contributed by atoms with E-state index in [0.717, 1.165) is 61.3 Å². The van der Waals surface area contributed by atoms with Crippen molar-refractivity contribution in [1.29, 1.82) is 0 Å². The lowest BCUT2D eigenvalue weighted by Crippen LogP contribution is -2.55. The molecule has 1 unspecified atom stereocenters. The van der Waals surface area contributed by atoms with Crippen LogP contribution in [-0.4, -0.2) is 71.0 Å². The molecule has 5 rings (SSSR count). The number of amides is 1. The molecule has 2 aliphatic rings. The zero-order chi connectivity index (χ0) is 22.5. The van der Waals surface area contributed by atoms with Crippen LogP contribution in [0.2, 0.25) is 0 Å². The first-order valence-corrected chi connectivity index (χ1v) is 12.0. The Morgan fingerprint density at radius 1 is 0.818 bits per heavy atom. The first kappa shape index (κ1) is 21.6. The van der Waals surface area contributed by atoms with Crippen molar-refractivity contribution in [3.63, 3.8) is 0 Å². The Morgan fingerprint density at radius 2 is 1.55 bits per heavy atom. The molecule has 1 aromatic heterocycles. The molecular formula is C27H31N5O. The Labute approximate surface area is 195 Å². The van der Waals surface area contributed by atoms with Crippen molar-refractivity contribution in [1.82, 2.24) is 19.8 Å². The van der Waals surface area contributed by atoms with E-state index in [1.54, 1.807) is 6.33 Å². The number of para-hydroxylation sites is 1. The molecule has 0 spiro atoms. The topological polar surface area (TPSA) is 52.6 Å². The van der Waals surface area contributed by atoms with Crippen LogP contribution in [-0.2, 0) is 4.79 Å². The number of nitrogens with zero attached hydrogens (tertiary/aromatic N) is 5. The third-order valence-electron chi connectivity index (χ3n) is 6.72. The molecule has 2 saturated heterocycles. The highest BCUT2D eigenvalue weighted by Gasteiger charge is 2.31. The molecule has 2 fully saturated rings. The standard InChI is InChI=1S/C27H31N5O/c33-27(25(30-15-7-2-8-16-30)14-13-22-9-3-1-4-10-22)32-19-17-31(18-20-32)26-23-11-5-6-12-24(23)28-21-29-26/h1,3-6,9-14,21,25H,2,7-8,15-20H2/b14-13+. The average molecular weight is 442 g/mol. The number of fused-ring (bicyclic) bond motifs is 1. The highest BCUT2D eigenvalue weighted by molar-refractivity contribution is 5.89. The largest absolute Gasteiger partial charge is 0.352 e. The van der Waals surface area contributed by atoms with Gasteiger partial charge in [-0.25, -0.2) is 9.97 Å². The first-order valence-electron chi connectivity index (χ1n) is 12.0. The average Bonchev–Trinajstić information content (AvgIpc) is 2.90. The number of benzene rings is 2. The Morgan fingerprint density at radius 3 is 2.33 bits per heavy atom. The number of carbonyl (C=O) groups excluding carboxylic acids is 1. The molecule has 2 aliphatic heterocycles. The summed E-state index contributed by atoms with van der Waals surface area (Å²) in [5, 5.41) is 1.07. The van der Waals surface area contributed by atoms with E-state index in [9.17, 15) is 4.79 Å². The van der Waals surface area contributed by atoms with Gasteiger partial charge in [0, 0.05) is 31.6 Å². The third-order valence-corrected chi connectivity index (χ3v) is 6.72. The van der Waals surface area contributed by atoms with Crippen molar-refractivity contribution in [2.45, 2.75) is 25.3 Å². The van der Waals surface area contributed by atoms with Gasteiger partial charge in [0.25, 0.3) is 0 Å². The number of anilines is 1. The minimum absolute atomic E-state index is 0.197. The molecule has 3 aromatic rings. The fourth-order valence-corrected chi connectivity index (χ4v) is 4.89. The number of likely N-dealkylation sites (tertiary alicyclic amines) is 1. The van der Waals surface area contributed by atoms with Gasteiger partial charge in [-0.2, -0.15) is 0 Å². The smallest absolute Gasteiger partial charge is 0.244 e. The van der Waals surface area contributed by atoms with Gasteiger partial charge in [-0.05, 0) is 43.6 Å². The number of piperazine rings is 1. The zero-order valence-electron chi connectivity index (χ0n) is 19.0. The second kappa shape index (κ2) is 10.1. The predicted octanol–water partition coefficient (Wildman–Crippen LogP) is 3.85. The summed E-state index contributed by atoms with van der Waals surface area (Å²) in [5.41, 5.74) is 2.09. The van der Waals surface area contributed by atoms with Crippen molar-refractivity contribution in [3.8, 4) is 0 Å². The van der Waals surface area contributed by atoms with Crippen molar-refractivity contribution in [3.05, 3.63) is 72.6 Å². The Bertz CT molecular complexity index is 1100. The van der Waals surface area contributed by atoms with Crippen LogP contribution in [0.1, 0.15) is 24.8 Å². The number of hydrogen-bond donors (Lipinski definition) is 0. The van der Waals surface area contributed by atoms with E-state index in [2.05, 4.69) is 50.1 Å². The summed E-state index contributed by atoms with van der Waals surface area (Å²) < 4.78 is 0. The van der Waals surface area contributed by atoms with Crippen molar-refractivity contribution in [2.75, 3.05) is 44.2 Å². The summed E-state index contributed by atoms with van der Waals surface area (Å²) >= 11 is 0. The molecule has 0 aliphatic carbocycles. The number of carbonyl (C=O) groups is 1. The molecule has 0 radical (unpaired) electrons. The summed E-state index contributed by atoms with van der Waals surface area (Å²) in [6.45, 7) is 4.95. The molecule has 170 valence electrons. The maximum absolute atomic E-state index is 13.7. The van der Waals surface area contributed by atoms with Crippen LogP contribution in [0.15, 0.2) is 67.0 Å². The molecular weight excluding hydrogens is 410 g/mol. The Balaban J connectivity index is 1.30. The molecule has 0 N–H and O–H groups in total. The van der Waals surface area contributed by atoms with Gasteiger partial charge in [-0.3, -0.25) is 9.69 Å². The quantitative estimate of drug-likeness (QED) is 0.602. The highest BCUT2D eigenvalue weighted by Crippen LogP contribution is 2.24. The van der Waals surface area contributed by atoms with Crippen LogP contribution in [0, 0.1) is 0 Å². The van der Waals surface area contributed by atoms with E-state index in [4.69, 9.17) is 0 Å². The monoisotopic (exact) mass is 441 g/mol. The highest BCUT2D eigenvalue weighted by atomic mass is 16.2.